The van der Waals surface area contributed by atoms with Gasteiger partial charge in [0.15, 0.2) is 5.69 Å². The summed E-state index contributed by atoms with van der Waals surface area (Å²) in [5.74, 6) is -3.86. The molecule has 2 N–H and O–H groups in total. The van der Waals surface area contributed by atoms with Gasteiger partial charge in [-0.2, -0.15) is 5.10 Å². The van der Waals surface area contributed by atoms with Crippen LogP contribution in [0.15, 0.2) is 42.5 Å². The highest BCUT2D eigenvalue weighted by Gasteiger charge is 2.58. The molecule has 190 valence electrons. The van der Waals surface area contributed by atoms with Crippen LogP contribution in [0.5, 0.6) is 0 Å². The predicted octanol–water partition coefficient (Wildman–Crippen LogP) is 5.61. The van der Waals surface area contributed by atoms with Crippen LogP contribution in [0, 0.1) is 6.57 Å². The van der Waals surface area contributed by atoms with E-state index in [9.17, 15) is 18.4 Å². The minimum Gasteiger partial charge on any atom is -0.365 e. The lowest BCUT2D eigenvalue weighted by molar-refractivity contribution is -0.150. The summed E-state index contributed by atoms with van der Waals surface area (Å²) in [4.78, 5) is 30.8. The molecular weight excluding hydrogens is 523 g/mol. The van der Waals surface area contributed by atoms with Crippen LogP contribution in [0.2, 0.25) is 10.0 Å². The molecule has 1 aromatic heterocycles. The van der Waals surface area contributed by atoms with Gasteiger partial charge in [-0.05, 0) is 17.7 Å². The first-order chi connectivity index (χ1) is 17.5. The summed E-state index contributed by atoms with van der Waals surface area (Å²) in [6.45, 7) is 7.79. The lowest BCUT2D eigenvalue weighted by atomic mass is 9.60. The number of hydrogen-bond acceptors (Lipinski definition) is 3. The maximum absolute atomic E-state index is 14.1. The highest BCUT2D eigenvalue weighted by atomic mass is 35.5. The molecule has 3 aromatic rings. The normalized spacial score (nSPS) is 17.4. The first-order valence-corrected chi connectivity index (χ1v) is 12.3. The van der Waals surface area contributed by atoms with Crippen molar-refractivity contribution >= 4 is 40.7 Å². The van der Waals surface area contributed by atoms with E-state index in [2.05, 4.69) is 9.94 Å². The SMILES string of the molecule is [C-]#[N+]c1ccc(C2(CC(=O)N3CCn4nc(-c5ccc(Cl)c(Cl)c5)c(C(N)=O)c4C3)CC(F)(F)C2)cc1. The number of carbonyl (C=O) groups excluding carboxylic acids is 2. The number of carbonyl (C=O) groups is 2. The summed E-state index contributed by atoms with van der Waals surface area (Å²) in [7, 11) is 0. The van der Waals surface area contributed by atoms with Crippen LogP contribution >= 0.6 is 23.2 Å². The Kier molecular flexibility index (Phi) is 6.21. The largest absolute Gasteiger partial charge is 0.365 e. The van der Waals surface area contributed by atoms with E-state index < -0.39 is 30.1 Å². The lowest BCUT2D eigenvalue weighted by Gasteiger charge is -2.48. The molecule has 2 heterocycles. The average molecular weight is 544 g/mol. The highest BCUT2D eigenvalue weighted by molar-refractivity contribution is 6.42. The zero-order valence-corrected chi connectivity index (χ0v) is 21.0. The summed E-state index contributed by atoms with van der Waals surface area (Å²) in [5, 5.41) is 5.19. The van der Waals surface area contributed by atoms with Gasteiger partial charge >= 0.3 is 0 Å². The smallest absolute Gasteiger partial charge is 0.252 e. The molecule has 7 nitrogen and oxygen atoms in total. The number of halogens is 4. The van der Waals surface area contributed by atoms with Crippen molar-refractivity contribution in [1.82, 2.24) is 14.7 Å². The van der Waals surface area contributed by atoms with E-state index in [1.807, 2.05) is 0 Å². The minimum atomic E-state index is -2.85. The molecule has 1 fully saturated rings. The second kappa shape index (κ2) is 9.12. The third-order valence-electron chi connectivity index (χ3n) is 7.06. The Morgan fingerprint density at radius 3 is 2.38 bits per heavy atom. The molecular formula is C26H21Cl2F2N5O2. The van der Waals surface area contributed by atoms with Gasteiger partial charge < -0.3 is 10.6 Å². The van der Waals surface area contributed by atoms with E-state index in [-0.39, 0.29) is 24.4 Å². The average Bonchev–Trinajstić information content (AvgIpc) is 3.23. The van der Waals surface area contributed by atoms with Gasteiger partial charge in [0.2, 0.25) is 11.8 Å². The van der Waals surface area contributed by atoms with Gasteiger partial charge in [0.05, 0.1) is 41.0 Å². The number of hydrogen-bond donors (Lipinski definition) is 1. The van der Waals surface area contributed by atoms with Gasteiger partial charge in [-0.15, -0.1) is 0 Å². The molecule has 0 saturated heterocycles. The zero-order chi connectivity index (χ0) is 26.5. The van der Waals surface area contributed by atoms with Gasteiger partial charge in [-0.25, -0.2) is 13.6 Å². The molecule has 1 saturated carbocycles. The molecule has 37 heavy (non-hydrogen) atoms. The number of benzene rings is 2. The Bertz CT molecular complexity index is 1450. The van der Waals surface area contributed by atoms with Crippen molar-refractivity contribution in [2.24, 2.45) is 5.73 Å². The van der Waals surface area contributed by atoms with Crippen LogP contribution in [-0.4, -0.2) is 39.0 Å². The second-order valence-corrected chi connectivity index (χ2v) is 10.3. The molecule has 0 unspecified atom stereocenters. The fraction of sp³-hybridized carbons (Fsp3) is 0.308. The number of aromatic nitrogens is 2. The topological polar surface area (TPSA) is 85.6 Å². The van der Waals surface area contributed by atoms with Crippen molar-refractivity contribution in [3.8, 4) is 11.3 Å². The van der Waals surface area contributed by atoms with E-state index in [1.165, 1.54) is 0 Å². The summed E-state index contributed by atoms with van der Waals surface area (Å²) >= 11 is 12.2. The maximum Gasteiger partial charge on any atom is 0.252 e. The summed E-state index contributed by atoms with van der Waals surface area (Å²) < 4.78 is 29.8. The predicted molar refractivity (Wildman–Crippen MR) is 135 cm³/mol. The van der Waals surface area contributed by atoms with E-state index >= 15 is 0 Å². The molecule has 1 aliphatic carbocycles. The van der Waals surface area contributed by atoms with Crippen molar-refractivity contribution in [1.29, 1.82) is 0 Å². The van der Waals surface area contributed by atoms with Crippen LogP contribution in [0.4, 0.5) is 14.5 Å². The van der Waals surface area contributed by atoms with Gasteiger partial charge in [0.25, 0.3) is 5.91 Å². The summed E-state index contributed by atoms with van der Waals surface area (Å²) in [5.41, 5.74) is 7.25. The zero-order valence-electron chi connectivity index (χ0n) is 19.5. The van der Waals surface area contributed by atoms with Crippen LogP contribution in [0.1, 0.15) is 40.9 Å². The molecule has 0 radical (unpaired) electrons. The van der Waals surface area contributed by atoms with Crippen LogP contribution in [0.25, 0.3) is 16.1 Å². The number of fused-ring (bicyclic) bond motifs is 1. The highest BCUT2D eigenvalue weighted by Crippen LogP contribution is 2.55. The third kappa shape index (κ3) is 4.56. The molecule has 1 aliphatic heterocycles. The number of nitrogens with two attached hydrogens (primary N) is 1. The lowest BCUT2D eigenvalue weighted by Crippen LogP contribution is -2.52. The number of nitrogens with zero attached hydrogens (tertiary/aromatic N) is 4. The van der Waals surface area contributed by atoms with Gasteiger partial charge in [-0.1, -0.05) is 53.5 Å². The number of amides is 2. The number of rotatable bonds is 5. The fourth-order valence-corrected chi connectivity index (χ4v) is 5.59. The van der Waals surface area contributed by atoms with E-state index in [4.69, 9.17) is 35.5 Å². The summed E-state index contributed by atoms with van der Waals surface area (Å²) in [6.07, 6.45) is -0.995. The fourth-order valence-electron chi connectivity index (χ4n) is 5.30. The monoisotopic (exact) mass is 543 g/mol. The van der Waals surface area contributed by atoms with Crippen LogP contribution in [0.3, 0.4) is 0 Å². The Morgan fingerprint density at radius 1 is 1.08 bits per heavy atom. The van der Waals surface area contributed by atoms with Crippen molar-refractivity contribution in [3.05, 3.63) is 80.7 Å². The van der Waals surface area contributed by atoms with E-state index in [0.29, 0.717) is 51.3 Å². The molecule has 0 atom stereocenters. The first-order valence-electron chi connectivity index (χ1n) is 11.5. The van der Waals surface area contributed by atoms with Crippen LogP contribution in [-0.2, 0) is 23.3 Å². The number of primary amides is 1. The molecule has 2 amide bonds. The Balaban J connectivity index is 1.42. The Labute approximate surface area is 221 Å². The molecule has 2 aromatic carbocycles. The molecule has 0 spiro atoms. The molecule has 2 aliphatic rings. The number of alkyl halides is 2. The second-order valence-electron chi connectivity index (χ2n) is 9.53. The Morgan fingerprint density at radius 2 is 1.78 bits per heavy atom. The first kappa shape index (κ1) is 25.2. The Hall–Kier alpha value is -3.48. The van der Waals surface area contributed by atoms with Gasteiger partial charge in [-0.3, -0.25) is 14.3 Å². The quantitative estimate of drug-likeness (QED) is 0.424. The van der Waals surface area contributed by atoms with Gasteiger partial charge in [0, 0.05) is 36.8 Å². The third-order valence-corrected chi connectivity index (χ3v) is 7.80. The molecule has 5 rings (SSSR count). The molecule has 0 bridgehead atoms. The van der Waals surface area contributed by atoms with Crippen molar-refractivity contribution in [2.75, 3.05) is 6.54 Å². The van der Waals surface area contributed by atoms with E-state index in [0.717, 1.165) is 0 Å². The molecule has 11 heteroatoms. The minimum absolute atomic E-state index is 0.0640. The summed E-state index contributed by atoms with van der Waals surface area (Å²) in [6, 6.07) is 11.3. The van der Waals surface area contributed by atoms with Crippen molar-refractivity contribution in [2.45, 2.75) is 43.7 Å². The van der Waals surface area contributed by atoms with Crippen molar-refractivity contribution in [3.63, 3.8) is 0 Å². The van der Waals surface area contributed by atoms with E-state index in [1.54, 1.807) is 52.0 Å². The maximum atomic E-state index is 14.1. The van der Waals surface area contributed by atoms with Crippen molar-refractivity contribution < 1.29 is 18.4 Å². The standard InChI is InChI=1S/C26H21Cl2F2N5O2/c1-32-17-5-3-16(4-6-17)25(13-26(29,30)14-25)11-21(36)34-8-9-35-20(12-34)22(24(31)37)23(33-35)15-2-7-18(27)19(28)10-15/h2-7,10H,8-9,11-14H2,(H2,31,37). The van der Waals surface area contributed by atoms with Crippen LogP contribution < -0.4 is 5.73 Å². The van der Waals surface area contributed by atoms with Gasteiger partial charge in [0.1, 0.15) is 5.69 Å².